The number of nitrogens with zero attached hydrogens (tertiary/aromatic N) is 4. The van der Waals surface area contributed by atoms with E-state index in [9.17, 15) is 0 Å². The second-order valence-corrected chi connectivity index (χ2v) is 23.8. The van der Waals surface area contributed by atoms with Crippen LogP contribution in [-0.4, -0.2) is 37.6 Å². The maximum absolute atomic E-state index is 5.95. The molecule has 2 spiro atoms. The highest BCUT2D eigenvalue weighted by Gasteiger charge is 2.61. The number of rotatable bonds is 8. The number of para-hydroxylation sites is 6. The topological polar surface area (TPSA) is 53.3 Å². The van der Waals surface area contributed by atoms with E-state index >= 15 is 0 Å². The molecule has 10 heteroatoms. The van der Waals surface area contributed by atoms with Gasteiger partial charge in [0.25, 0.3) is 0 Å². The van der Waals surface area contributed by atoms with Crippen LogP contribution in [0.3, 0.4) is 0 Å². The number of hydrogen-bond acceptors (Lipinski definition) is 8. The summed E-state index contributed by atoms with van der Waals surface area (Å²) in [5, 5.41) is 6.56. The predicted molar refractivity (Wildman–Crippen MR) is 344 cm³/mol. The van der Waals surface area contributed by atoms with Crippen LogP contribution in [0.25, 0.3) is 53.6 Å². The third-order valence-corrected chi connectivity index (χ3v) is 20.4. The average molecular weight is 1130 g/mol. The van der Waals surface area contributed by atoms with Crippen LogP contribution in [-0.2, 0) is 10.8 Å². The van der Waals surface area contributed by atoms with Gasteiger partial charge in [-0.3, -0.25) is 0 Å². The van der Waals surface area contributed by atoms with E-state index in [0.717, 1.165) is 111 Å². The van der Waals surface area contributed by atoms with E-state index in [4.69, 9.17) is 18.9 Å². The molecule has 404 valence electrons. The van der Waals surface area contributed by atoms with Crippen molar-refractivity contribution in [3.63, 3.8) is 0 Å². The van der Waals surface area contributed by atoms with E-state index in [-0.39, 0.29) is 0 Å². The molecule has 1 aliphatic carbocycles. The highest BCUT2D eigenvalue weighted by atomic mass is 32.1. The molecule has 0 bridgehead atoms. The van der Waals surface area contributed by atoms with Crippen LogP contribution in [0.5, 0.6) is 23.0 Å². The minimum atomic E-state index is -0.872. The van der Waals surface area contributed by atoms with Gasteiger partial charge >= 0.3 is 0 Å². The summed E-state index contributed by atoms with van der Waals surface area (Å²) in [6.45, 7) is 0. The zero-order chi connectivity index (χ0) is 56.0. The summed E-state index contributed by atoms with van der Waals surface area (Å²) in [5.74, 6) is 3.19. The Morgan fingerprint density at radius 3 is 0.845 bits per heavy atom. The number of anilines is 6. The van der Waals surface area contributed by atoms with E-state index in [1.54, 1.807) is 28.4 Å². The Bertz CT molecular complexity index is 4440. The first-order valence-electron chi connectivity index (χ1n) is 28.2. The fraction of sp³-hybridized carbons (Fsp3) is 0.0811. The van der Waals surface area contributed by atoms with Crippen LogP contribution in [0.1, 0.15) is 43.1 Å². The normalized spacial score (nSPS) is 14.1. The average Bonchev–Trinajstić information content (AvgIpc) is 1.93. The molecular weight excluding hydrogens is 1070 g/mol. The summed E-state index contributed by atoms with van der Waals surface area (Å²) in [6.07, 6.45) is 0. The molecule has 14 aromatic rings. The second-order valence-electron chi connectivity index (χ2n) is 21.8. The third-order valence-electron chi connectivity index (χ3n) is 18.0. The largest absolute Gasteiger partial charge is 0.497 e. The second kappa shape index (κ2) is 18.2. The summed E-state index contributed by atoms with van der Waals surface area (Å²) < 4.78 is 28.8. The zero-order valence-electron chi connectivity index (χ0n) is 46.3. The Morgan fingerprint density at radius 2 is 0.560 bits per heavy atom. The van der Waals surface area contributed by atoms with E-state index in [1.807, 2.05) is 22.7 Å². The van der Waals surface area contributed by atoms with Gasteiger partial charge in [-0.25, -0.2) is 0 Å². The Balaban J connectivity index is 1.08. The van der Waals surface area contributed by atoms with Gasteiger partial charge in [0.2, 0.25) is 0 Å². The number of aromatic nitrogens is 2. The highest BCUT2D eigenvalue weighted by Crippen LogP contribution is 2.71. The maximum Gasteiger partial charge on any atom is 0.119 e. The molecule has 0 radical (unpaired) electrons. The molecule has 84 heavy (non-hydrogen) atoms. The Kier molecular flexibility index (Phi) is 10.6. The molecule has 17 rings (SSSR count). The minimum Gasteiger partial charge on any atom is -0.497 e. The fourth-order valence-corrected chi connectivity index (χ4v) is 17.5. The van der Waals surface area contributed by atoms with Gasteiger partial charge in [0.05, 0.1) is 84.1 Å². The molecule has 0 saturated carbocycles. The third kappa shape index (κ3) is 6.41. The van der Waals surface area contributed by atoms with Crippen LogP contribution in [0, 0.1) is 0 Å². The Labute approximate surface area is 493 Å². The van der Waals surface area contributed by atoms with Gasteiger partial charge in [0, 0.05) is 42.7 Å². The van der Waals surface area contributed by atoms with E-state index in [0.29, 0.717) is 0 Å². The van der Waals surface area contributed by atoms with Crippen molar-refractivity contribution in [3.05, 3.63) is 286 Å². The van der Waals surface area contributed by atoms with Crippen molar-refractivity contribution in [3.8, 4) is 33.0 Å². The van der Waals surface area contributed by atoms with E-state index in [2.05, 4.69) is 262 Å². The van der Waals surface area contributed by atoms with Crippen LogP contribution >= 0.6 is 22.7 Å². The molecular formula is C74H52N4O4S2. The predicted octanol–water partition coefficient (Wildman–Crippen LogP) is 18.7. The molecule has 6 heterocycles. The number of thiophene rings is 2. The standard InChI is InChI=1S/C74H52N4O4S2/c1-79-47-31-35-61-51(39-47)52-40-48(80-2)32-36-62(52)77(61)69-43-59-71(83-69)74(57-25-13-17-29-67(57)76(46-21-9-6-10-22-46)68-30-18-14-26-58(68)74)60-44-70(78-63-37-33-49(81-3)41-53(63)54-42-50(82-4)34-38-64(54)78)84-72(60)73(59)55-23-11-15-27-65(55)75(45-19-7-5-8-20-45)66-28-16-12-24-56(66)73/h5-44H,1-4H3. The fourth-order valence-electron chi connectivity index (χ4n) is 14.6. The molecule has 0 amide bonds. The lowest BCUT2D eigenvalue weighted by atomic mass is 9.53. The van der Waals surface area contributed by atoms with Gasteiger partial charge in [-0.1, -0.05) is 109 Å². The molecule has 0 saturated heterocycles. The molecule has 8 nitrogen and oxygen atoms in total. The molecule has 0 atom stereocenters. The summed E-state index contributed by atoms with van der Waals surface area (Å²) >= 11 is 3.82. The van der Waals surface area contributed by atoms with Gasteiger partial charge in [-0.15, -0.1) is 22.7 Å². The van der Waals surface area contributed by atoms with Crippen molar-refractivity contribution >= 4 is 100 Å². The quantitative estimate of drug-likeness (QED) is 0.151. The Hall–Kier alpha value is -10.0. The van der Waals surface area contributed by atoms with Crippen molar-refractivity contribution in [2.24, 2.45) is 0 Å². The van der Waals surface area contributed by atoms with Gasteiger partial charge in [0.15, 0.2) is 0 Å². The first-order valence-corrected chi connectivity index (χ1v) is 29.8. The lowest BCUT2D eigenvalue weighted by Crippen LogP contribution is -2.47. The van der Waals surface area contributed by atoms with Gasteiger partial charge in [0.1, 0.15) is 33.0 Å². The summed E-state index contributed by atoms with van der Waals surface area (Å²) in [7, 11) is 6.96. The van der Waals surface area contributed by atoms with Crippen molar-refractivity contribution in [1.82, 2.24) is 9.13 Å². The first-order chi connectivity index (χ1) is 41.5. The smallest absolute Gasteiger partial charge is 0.119 e. The van der Waals surface area contributed by atoms with Crippen molar-refractivity contribution in [2.75, 3.05) is 38.2 Å². The number of methoxy groups -OCH3 is 4. The SMILES string of the molecule is COc1ccc2c(c1)c1cc(OC)ccc1n2-c1cc2c(s1)C1(c3ccccc3N(c3ccccc3)c3ccccc31)c1cc(-n3c4ccc(OC)cc4c4cc(OC)ccc43)sc1C21c2ccccc2N(c2ccccc2)c2ccccc21. The molecule has 0 N–H and O–H groups in total. The number of fused-ring (bicyclic) bond motifs is 20. The zero-order valence-corrected chi connectivity index (χ0v) is 48.0. The van der Waals surface area contributed by atoms with Gasteiger partial charge in [-0.2, -0.15) is 0 Å². The molecule has 3 aliphatic rings. The molecule has 2 aliphatic heterocycles. The van der Waals surface area contributed by atoms with Crippen LogP contribution in [0.15, 0.2) is 243 Å². The van der Waals surface area contributed by atoms with Crippen LogP contribution < -0.4 is 28.7 Å². The van der Waals surface area contributed by atoms with Gasteiger partial charge < -0.3 is 37.9 Å². The molecule has 0 fully saturated rings. The lowest BCUT2D eigenvalue weighted by molar-refractivity contribution is 0.415. The first kappa shape index (κ1) is 48.7. The van der Waals surface area contributed by atoms with Crippen LogP contribution in [0.4, 0.5) is 34.1 Å². The maximum atomic E-state index is 5.95. The number of benzene rings is 10. The van der Waals surface area contributed by atoms with Crippen molar-refractivity contribution < 1.29 is 18.9 Å². The minimum absolute atomic E-state index is 0.797. The van der Waals surface area contributed by atoms with E-state index < -0.39 is 10.8 Å². The number of hydrogen-bond donors (Lipinski definition) is 0. The van der Waals surface area contributed by atoms with Crippen molar-refractivity contribution in [1.29, 1.82) is 0 Å². The molecule has 4 aromatic heterocycles. The highest BCUT2D eigenvalue weighted by molar-refractivity contribution is 7.16. The number of ether oxygens (including phenoxy) is 4. The van der Waals surface area contributed by atoms with Crippen LogP contribution in [0.2, 0.25) is 0 Å². The van der Waals surface area contributed by atoms with Gasteiger partial charge in [-0.05, 0) is 167 Å². The van der Waals surface area contributed by atoms with E-state index in [1.165, 1.54) is 43.1 Å². The molecule has 10 aromatic carbocycles. The summed E-state index contributed by atoms with van der Waals surface area (Å²) in [6, 6.07) is 89.5. The Morgan fingerprint density at radius 1 is 0.286 bits per heavy atom. The van der Waals surface area contributed by atoms with Crippen molar-refractivity contribution in [2.45, 2.75) is 10.8 Å². The lowest BCUT2D eigenvalue weighted by Gasteiger charge is -2.53. The monoisotopic (exact) mass is 1120 g/mol. The summed E-state index contributed by atoms with van der Waals surface area (Å²) in [5.41, 5.74) is 16.6. The molecule has 0 unspecified atom stereocenters. The summed E-state index contributed by atoms with van der Waals surface area (Å²) in [4.78, 5) is 7.47.